The van der Waals surface area contributed by atoms with Crippen LogP contribution in [0.25, 0.3) is 11.5 Å². The molecular formula is C18H15Cl2N3O2S. The SMILES string of the molecule is Cc1ccccc1-c1nnc(S[C@@H](C)C(=O)Nc2cc(Cl)ccc2Cl)o1. The Morgan fingerprint density at radius 2 is 1.96 bits per heavy atom. The third-order valence-corrected chi connectivity index (χ3v) is 5.11. The van der Waals surface area contributed by atoms with E-state index in [4.69, 9.17) is 27.6 Å². The van der Waals surface area contributed by atoms with Crippen molar-refractivity contribution in [3.05, 3.63) is 58.1 Å². The Morgan fingerprint density at radius 1 is 1.19 bits per heavy atom. The zero-order chi connectivity index (χ0) is 18.7. The largest absolute Gasteiger partial charge is 0.411 e. The van der Waals surface area contributed by atoms with Gasteiger partial charge in [-0.25, -0.2) is 0 Å². The molecule has 1 atom stereocenters. The molecule has 1 aromatic heterocycles. The van der Waals surface area contributed by atoms with Gasteiger partial charge in [0.2, 0.25) is 11.8 Å². The first-order valence-corrected chi connectivity index (χ1v) is 9.39. The van der Waals surface area contributed by atoms with E-state index in [1.54, 1.807) is 25.1 Å². The number of carbonyl (C=O) groups is 1. The molecular weight excluding hydrogens is 393 g/mol. The molecule has 5 nitrogen and oxygen atoms in total. The Balaban J connectivity index is 1.68. The van der Waals surface area contributed by atoms with Gasteiger partial charge in [0, 0.05) is 10.6 Å². The van der Waals surface area contributed by atoms with E-state index in [1.807, 2.05) is 31.2 Å². The van der Waals surface area contributed by atoms with Gasteiger partial charge in [-0.2, -0.15) is 0 Å². The number of hydrogen-bond acceptors (Lipinski definition) is 5. The summed E-state index contributed by atoms with van der Waals surface area (Å²) in [5, 5.41) is 11.6. The van der Waals surface area contributed by atoms with Crippen molar-refractivity contribution in [1.29, 1.82) is 0 Å². The normalized spacial score (nSPS) is 12.0. The van der Waals surface area contributed by atoms with Gasteiger partial charge in [0.25, 0.3) is 5.22 Å². The Kier molecular flexibility index (Phi) is 5.86. The smallest absolute Gasteiger partial charge is 0.277 e. The number of nitrogens with one attached hydrogen (secondary N) is 1. The van der Waals surface area contributed by atoms with E-state index in [0.717, 1.165) is 11.1 Å². The van der Waals surface area contributed by atoms with Gasteiger partial charge in [-0.15, -0.1) is 10.2 Å². The van der Waals surface area contributed by atoms with Crippen molar-refractivity contribution < 1.29 is 9.21 Å². The van der Waals surface area contributed by atoms with Crippen molar-refractivity contribution >= 4 is 46.6 Å². The number of rotatable bonds is 5. The maximum Gasteiger partial charge on any atom is 0.277 e. The molecule has 0 aliphatic rings. The highest BCUT2D eigenvalue weighted by molar-refractivity contribution is 8.00. The number of aryl methyl sites for hydroxylation is 1. The highest BCUT2D eigenvalue weighted by Crippen LogP contribution is 2.30. The third kappa shape index (κ3) is 4.38. The number of anilines is 1. The molecule has 2 aromatic carbocycles. The molecule has 1 heterocycles. The molecule has 0 saturated carbocycles. The van der Waals surface area contributed by atoms with E-state index in [1.165, 1.54) is 11.8 Å². The molecule has 0 fully saturated rings. The first-order valence-electron chi connectivity index (χ1n) is 7.76. The van der Waals surface area contributed by atoms with Gasteiger partial charge in [-0.3, -0.25) is 4.79 Å². The van der Waals surface area contributed by atoms with Gasteiger partial charge in [0.05, 0.1) is 16.0 Å². The molecule has 3 rings (SSSR count). The van der Waals surface area contributed by atoms with Crippen molar-refractivity contribution in [1.82, 2.24) is 10.2 Å². The van der Waals surface area contributed by atoms with Gasteiger partial charge >= 0.3 is 0 Å². The summed E-state index contributed by atoms with van der Waals surface area (Å²) in [6, 6.07) is 12.6. The monoisotopic (exact) mass is 407 g/mol. The van der Waals surface area contributed by atoms with E-state index >= 15 is 0 Å². The van der Waals surface area contributed by atoms with E-state index in [2.05, 4.69) is 15.5 Å². The molecule has 8 heteroatoms. The van der Waals surface area contributed by atoms with Crippen LogP contribution >= 0.6 is 35.0 Å². The van der Waals surface area contributed by atoms with Crippen LogP contribution in [0.3, 0.4) is 0 Å². The van der Waals surface area contributed by atoms with Crippen molar-refractivity contribution in [3.63, 3.8) is 0 Å². The fraction of sp³-hybridized carbons (Fsp3) is 0.167. The number of hydrogen-bond donors (Lipinski definition) is 1. The van der Waals surface area contributed by atoms with Gasteiger partial charge < -0.3 is 9.73 Å². The Labute approximate surface area is 165 Å². The third-order valence-electron chi connectivity index (χ3n) is 3.62. The topological polar surface area (TPSA) is 68.0 Å². The second kappa shape index (κ2) is 8.12. The van der Waals surface area contributed by atoms with Crippen molar-refractivity contribution in [2.75, 3.05) is 5.32 Å². The molecule has 0 bridgehead atoms. The van der Waals surface area contributed by atoms with E-state index in [-0.39, 0.29) is 5.91 Å². The molecule has 3 aromatic rings. The number of thioether (sulfide) groups is 1. The first kappa shape index (κ1) is 18.8. The molecule has 0 radical (unpaired) electrons. The van der Waals surface area contributed by atoms with Crippen LogP contribution in [-0.4, -0.2) is 21.4 Å². The minimum Gasteiger partial charge on any atom is -0.411 e. The van der Waals surface area contributed by atoms with Crippen LogP contribution in [-0.2, 0) is 4.79 Å². The lowest BCUT2D eigenvalue weighted by Gasteiger charge is -2.11. The zero-order valence-corrected chi connectivity index (χ0v) is 16.3. The predicted molar refractivity (Wildman–Crippen MR) is 105 cm³/mol. The van der Waals surface area contributed by atoms with Crippen molar-refractivity contribution in [3.8, 4) is 11.5 Å². The van der Waals surface area contributed by atoms with Crippen LogP contribution in [0.5, 0.6) is 0 Å². The minimum atomic E-state index is -0.463. The van der Waals surface area contributed by atoms with Crippen LogP contribution < -0.4 is 5.32 Å². The fourth-order valence-electron chi connectivity index (χ4n) is 2.21. The van der Waals surface area contributed by atoms with Gasteiger partial charge in [0.15, 0.2) is 0 Å². The summed E-state index contributed by atoms with van der Waals surface area (Å²) in [6.07, 6.45) is 0. The van der Waals surface area contributed by atoms with E-state index < -0.39 is 5.25 Å². The van der Waals surface area contributed by atoms with E-state index in [9.17, 15) is 4.79 Å². The van der Waals surface area contributed by atoms with E-state index in [0.29, 0.717) is 26.8 Å². The molecule has 0 spiro atoms. The lowest BCUT2D eigenvalue weighted by Crippen LogP contribution is -2.22. The Hall–Kier alpha value is -2.02. The summed E-state index contributed by atoms with van der Waals surface area (Å²) >= 11 is 13.2. The minimum absolute atomic E-state index is 0.241. The number of nitrogens with zero attached hydrogens (tertiary/aromatic N) is 2. The predicted octanol–water partition coefficient (Wildman–Crippen LogP) is 5.47. The molecule has 26 heavy (non-hydrogen) atoms. The van der Waals surface area contributed by atoms with Crippen molar-refractivity contribution in [2.24, 2.45) is 0 Å². The molecule has 1 N–H and O–H groups in total. The Bertz CT molecular complexity index is 946. The number of aromatic nitrogens is 2. The maximum absolute atomic E-state index is 12.4. The van der Waals surface area contributed by atoms with Crippen LogP contribution in [0.4, 0.5) is 5.69 Å². The maximum atomic E-state index is 12.4. The first-order chi connectivity index (χ1) is 12.4. The number of carbonyl (C=O) groups excluding carboxylic acids is 1. The summed E-state index contributed by atoms with van der Waals surface area (Å²) in [6.45, 7) is 3.72. The summed E-state index contributed by atoms with van der Waals surface area (Å²) in [7, 11) is 0. The highest BCUT2D eigenvalue weighted by Gasteiger charge is 2.20. The number of benzene rings is 2. The molecule has 0 saturated heterocycles. The highest BCUT2D eigenvalue weighted by atomic mass is 35.5. The molecule has 0 aliphatic heterocycles. The molecule has 134 valence electrons. The van der Waals surface area contributed by atoms with Gasteiger partial charge in [-0.05, 0) is 43.7 Å². The molecule has 0 unspecified atom stereocenters. The summed E-state index contributed by atoms with van der Waals surface area (Å²) < 4.78 is 5.68. The molecule has 1 amide bonds. The second-order valence-corrected chi connectivity index (χ2v) is 7.70. The Morgan fingerprint density at radius 3 is 2.73 bits per heavy atom. The van der Waals surface area contributed by atoms with Crippen LogP contribution in [0.1, 0.15) is 12.5 Å². The number of amides is 1. The lowest BCUT2D eigenvalue weighted by molar-refractivity contribution is -0.115. The summed E-state index contributed by atoms with van der Waals surface area (Å²) in [5.41, 5.74) is 2.37. The van der Waals surface area contributed by atoms with Crippen molar-refractivity contribution in [2.45, 2.75) is 24.3 Å². The zero-order valence-electron chi connectivity index (χ0n) is 14.0. The average Bonchev–Trinajstić information content (AvgIpc) is 3.06. The molecule has 0 aliphatic carbocycles. The fourth-order valence-corrected chi connectivity index (χ4v) is 3.23. The lowest BCUT2D eigenvalue weighted by atomic mass is 10.1. The van der Waals surface area contributed by atoms with Crippen LogP contribution in [0.2, 0.25) is 10.0 Å². The van der Waals surface area contributed by atoms with Crippen LogP contribution in [0.15, 0.2) is 52.1 Å². The summed E-state index contributed by atoms with van der Waals surface area (Å²) in [5.74, 6) is 0.186. The van der Waals surface area contributed by atoms with Gasteiger partial charge in [-0.1, -0.05) is 53.2 Å². The number of halogens is 2. The quantitative estimate of drug-likeness (QED) is 0.567. The summed E-state index contributed by atoms with van der Waals surface area (Å²) in [4.78, 5) is 12.4. The average molecular weight is 408 g/mol. The van der Waals surface area contributed by atoms with Crippen LogP contribution in [0, 0.1) is 6.92 Å². The van der Waals surface area contributed by atoms with Gasteiger partial charge in [0.1, 0.15) is 0 Å². The second-order valence-electron chi connectivity index (χ2n) is 5.56. The standard InChI is InChI=1S/C18H15Cl2N3O2S/c1-10-5-3-4-6-13(10)17-22-23-18(25-17)26-11(2)16(24)21-15-9-12(19)7-8-14(15)20/h3-9,11H,1-2H3,(H,21,24)/t11-/m0/s1.